The van der Waals surface area contributed by atoms with E-state index in [4.69, 9.17) is 0 Å². The average Bonchev–Trinajstić information content (AvgIpc) is 2.57. The Morgan fingerprint density at radius 2 is 1.67 bits per heavy atom. The molecule has 0 aliphatic rings. The van der Waals surface area contributed by atoms with Crippen LogP contribution < -0.4 is 10.6 Å². The predicted molar refractivity (Wildman–Crippen MR) is 101 cm³/mol. The number of amides is 1. The van der Waals surface area contributed by atoms with E-state index in [1.165, 1.54) is 11.8 Å². The summed E-state index contributed by atoms with van der Waals surface area (Å²) in [6.07, 6.45) is 1.40. The number of carbonyl (C=O) groups excluding carboxylic acids is 1. The maximum absolute atomic E-state index is 12.2. The number of nitriles is 1. The normalized spacial score (nSPS) is 11.0. The van der Waals surface area contributed by atoms with E-state index in [-0.39, 0.29) is 5.57 Å². The minimum atomic E-state index is -0.445. The van der Waals surface area contributed by atoms with Crippen molar-refractivity contribution in [3.63, 3.8) is 0 Å². The lowest BCUT2D eigenvalue weighted by Crippen LogP contribution is -2.14. The Morgan fingerprint density at radius 1 is 1.08 bits per heavy atom. The molecule has 122 valence electrons. The minimum absolute atomic E-state index is 0.00542. The Labute approximate surface area is 150 Å². The number of hydrogen-bond donors (Lipinski definition) is 2. The van der Waals surface area contributed by atoms with Gasteiger partial charge in [-0.3, -0.25) is 4.79 Å². The highest BCUT2D eigenvalue weighted by Gasteiger charge is 2.09. The molecule has 2 aromatic rings. The number of benzene rings is 2. The monoisotopic (exact) mass is 383 g/mol. The molecule has 2 N–H and O–H groups in total. The molecule has 0 unspecified atom stereocenters. The molecule has 2 rings (SSSR count). The highest BCUT2D eigenvalue weighted by Crippen LogP contribution is 2.18. The molecule has 0 aliphatic carbocycles. The summed E-state index contributed by atoms with van der Waals surface area (Å²) < 4.78 is 0.958. The van der Waals surface area contributed by atoms with Crippen molar-refractivity contribution in [2.45, 2.75) is 19.8 Å². The fourth-order valence-corrected chi connectivity index (χ4v) is 2.26. The first kappa shape index (κ1) is 17.8. The molecule has 0 spiro atoms. The van der Waals surface area contributed by atoms with Gasteiger partial charge in [0.2, 0.25) is 0 Å². The van der Waals surface area contributed by atoms with Crippen molar-refractivity contribution >= 4 is 33.2 Å². The van der Waals surface area contributed by atoms with E-state index in [9.17, 15) is 10.1 Å². The molecule has 0 aliphatic heterocycles. The molecule has 0 bridgehead atoms. The summed E-state index contributed by atoms with van der Waals surface area (Å²) in [6, 6.07) is 17.0. The van der Waals surface area contributed by atoms with E-state index in [2.05, 4.69) is 40.4 Å². The summed E-state index contributed by atoms with van der Waals surface area (Å²) in [4.78, 5) is 12.2. The number of nitrogens with one attached hydrogen (secondary N) is 2. The van der Waals surface area contributed by atoms with Gasteiger partial charge in [0.15, 0.2) is 0 Å². The minimum Gasteiger partial charge on any atom is -0.360 e. The third-order valence-corrected chi connectivity index (χ3v) is 3.96. The summed E-state index contributed by atoms with van der Waals surface area (Å²) >= 11 is 3.35. The van der Waals surface area contributed by atoms with Crippen LogP contribution in [-0.2, 0) is 4.79 Å². The number of rotatable bonds is 5. The summed E-state index contributed by atoms with van der Waals surface area (Å²) in [6.45, 7) is 4.22. The summed E-state index contributed by atoms with van der Waals surface area (Å²) in [5.74, 6) is -0.0150. The Balaban J connectivity index is 2.04. The second-order valence-corrected chi connectivity index (χ2v) is 6.47. The molecule has 5 heteroatoms. The van der Waals surface area contributed by atoms with Crippen LogP contribution in [0.3, 0.4) is 0 Å². The Morgan fingerprint density at radius 3 is 2.21 bits per heavy atom. The molecule has 0 heterocycles. The van der Waals surface area contributed by atoms with Crippen molar-refractivity contribution < 1.29 is 4.79 Å². The van der Waals surface area contributed by atoms with Gasteiger partial charge in [-0.1, -0.05) is 41.9 Å². The van der Waals surface area contributed by atoms with Crippen LogP contribution >= 0.6 is 15.9 Å². The van der Waals surface area contributed by atoms with Gasteiger partial charge in [-0.15, -0.1) is 0 Å². The summed E-state index contributed by atoms with van der Waals surface area (Å²) in [5, 5.41) is 14.9. The van der Waals surface area contributed by atoms with E-state index < -0.39 is 5.91 Å². The highest BCUT2D eigenvalue weighted by molar-refractivity contribution is 9.10. The van der Waals surface area contributed by atoms with Crippen LogP contribution in [0, 0.1) is 11.3 Å². The molecule has 24 heavy (non-hydrogen) atoms. The zero-order chi connectivity index (χ0) is 17.5. The van der Waals surface area contributed by atoms with Crippen LogP contribution in [0.5, 0.6) is 0 Å². The van der Waals surface area contributed by atoms with Crippen molar-refractivity contribution in [1.29, 1.82) is 5.26 Å². The second-order valence-electron chi connectivity index (χ2n) is 5.55. The van der Waals surface area contributed by atoms with Crippen molar-refractivity contribution in [2.24, 2.45) is 0 Å². The first-order chi connectivity index (χ1) is 11.5. The van der Waals surface area contributed by atoms with E-state index >= 15 is 0 Å². The van der Waals surface area contributed by atoms with Gasteiger partial charge in [-0.2, -0.15) is 5.26 Å². The smallest absolute Gasteiger partial charge is 0.267 e. The lowest BCUT2D eigenvalue weighted by molar-refractivity contribution is -0.112. The van der Waals surface area contributed by atoms with E-state index in [1.807, 2.05) is 54.6 Å². The fourth-order valence-electron chi connectivity index (χ4n) is 2.00. The third kappa shape index (κ3) is 4.97. The maximum Gasteiger partial charge on any atom is 0.267 e. The Hall–Kier alpha value is -2.58. The van der Waals surface area contributed by atoms with Gasteiger partial charge < -0.3 is 10.6 Å². The third-order valence-electron chi connectivity index (χ3n) is 3.43. The number of anilines is 2. The lowest BCUT2D eigenvalue weighted by atomic mass is 10.0. The first-order valence-electron chi connectivity index (χ1n) is 7.53. The van der Waals surface area contributed by atoms with Crippen molar-refractivity contribution in [3.8, 4) is 6.07 Å². The second kappa shape index (κ2) is 8.32. The SMILES string of the molecule is CC(C)c1ccc(NC(=O)/C(C#N)=C\Nc2ccc(Br)cc2)cc1. The molecule has 0 aromatic heterocycles. The molecule has 0 fully saturated rings. The topological polar surface area (TPSA) is 64.9 Å². The molecular weight excluding hydrogens is 366 g/mol. The largest absolute Gasteiger partial charge is 0.360 e. The predicted octanol–water partition coefficient (Wildman–Crippen LogP) is 5.03. The molecule has 2 aromatic carbocycles. The van der Waals surface area contributed by atoms with E-state index in [1.54, 1.807) is 0 Å². The number of hydrogen-bond acceptors (Lipinski definition) is 3. The zero-order valence-electron chi connectivity index (χ0n) is 13.5. The van der Waals surface area contributed by atoms with Crippen LogP contribution in [-0.4, -0.2) is 5.91 Å². The van der Waals surface area contributed by atoms with Gasteiger partial charge in [0.25, 0.3) is 5.91 Å². The number of nitrogens with zero attached hydrogens (tertiary/aromatic N) is 1. The van der Waals surface area contributed by atoms with Crippen LogP contribution in [0.4, 0.5) is 11.4 Å². The van der Waals surface area contributed by atoms with Crippen LogP contribution in [0.25, 0.3) is 0 Å². The van der Waals surface area contributed by atoms with Crippen molar-refractivity contribution in [3.05, 3.63) is 70.3 Å². The zero-order valence-corrected chi connectivity index (χ0v) is 15.1. The van der Waals surface area contributed by atoms with Gasteiger partial charge in [-0.05, 0) is 47.9 Å². The van der Waals surface area contributed by atoms with Crippen molar-refractivity contribution in [1.82, 2.24) is 0 Å². The van der Waals surface area contributed by atoms with Crippen molar-refractivity contribution in [2.75, 3.05) is 10.6 Å². The lowest BCUT2D eigenvalue weighted by Gasteiger charge is -2.08. The summed E-state index contributed by atoms with van der Waals surface area (Å²) in [5.41, 5.74) is 2.65. The molecule has 0 saturated carbocycles. The Bertz CT molecular complexity index is 772. The van der Waals surface area contributed by atoms with E-state index in [0.29, 0.717) is 11.6 Å². The number of carbonyl (C=O) groups is 1. The molecular formula is C19H18BrN3O. The molecule has 1 amide bonds. The van der Waals surface area contributed by atoms with Gasteiger partial charge in [0.05, 0.1) is 0 Å². The molecule has 0 atom stereocenters. The molecule has 4 nitrogen and oxygen atoms in total. The first-order valence-corrected chi connectivity index (χ1v) is 8.32. The van der Waals surface area contributed by atoms with Gasteiger partial charge in [-0.25, -0.2) is 0 Å². The quantitative estimate of drug-likeness (QED) is 0.561. The molecule has 0 saturated heterocycles. The van der Waals surface area contributed by atoms with Crippen LogP contribution in [0.2, 0.25) is 0 Å². The standard InChI is InChI=1S/C19H18BrN3O/c1-13(2)14-3-7-18(8-4-14)23-19(24)15(11-21)12-22-17-9-5-16(20)6-10-17/h3-10,12-13,22H,1-2H3,(H,23,24)/b15-12-. The maximum atomic E-state index is 12.2. The molecule has 0 radical (unpaired) electrons. The summed E-state index contributed by atoms with van der Waals surface area (Å²) in [7, 11) is 0. The van der Waals surface area contributed by atoms with Crippen LogP contribution in [0.15, 0.2) is 64.8 Å². The average molecular weight is 384 g/mol. The van der Waals surface area contributed by atoms with Crippen LogP contribution in [0.1, 0.15) is 25.3 Å². The van der Waals surface area contributed by atoms with Gasteiger partial charge in [0, 0.05) is 22.0 Å². The number of halogens is 1. The van der Waals surface area contributed by atoms with E-state index in [0.717, 1.165) is 10.2 Å². The Kier molecular flexibility index (Phi) is 6.16. The van der Waals surface area contributed by atoms with Gasteiger partial charge in [0.1, 0.15) is 11.6 Å². The highest BCUT2D eigenvalue weighted by atomic mass is 79.9. The fraction of sp³-hybridized carbons (Fsp3) is 0.158. The van der Waals surface area contributed by atoms with Gasteiger partial charge >= 0.3 is 0 Å².